The van der Waals surface area contributed by atoms with Crippen molar-refractivity contribution in [2.24, 2.45) is 7.05 Å². The van der Waals surface area contributed by atoms with Crippen molar-refractivity contribution in [3.63, 3.8) is 0 Å². The molecule has 0 aliphatic carbocycles. The molecule has 9 heteroatoms. The van der Waals surface area contributed by atoms with Crippen molar-refractivity contribution in [1.82, 2.24) is 19.4 Å². The van der Waals surface area contributed by atoms with Crippen LogP contribution in [-0.4, -0.2) is 25.3 Å². The van der Waals surface area contributed by atoms with Crippen LogP contribution in [0.4, 0.5) is 0 Å². The molecule has 0 aromatic carbocycles. The molecule has 3 aromatic heterocycles. The van der Waals surface area contributed by atoms with Crippen LogP contribution in [-0.2, 0) is 7.05 Å². The minimum atomic E-state index is -0.517. The van der Waals surface area contributed by atoms with Crippen molar-refractivity contribution in [2.75, 3.05) is 5.43 Å². The Bertz CT molecular complexity index is 1000. The van der Waals surface area contributed by atoms with Gasteiger partial charge in [0.15, 0.2) is 0 Å². The predicted molar refractivity (Wildman–Crippen MR) is 90.0 cm³/mol. The summed E-state index contributed by atoms with van der Waals surface area (Å²) in [6.07, 6.45) is 0. The third-order valence-electron chi connectivity index (χ3n) is 3.43. The van der Waals surface area contributed by atoms with E-state index in [0.29, 0.717) is 21.7 Å². The van der Waals surface area contributed by atoms with Gasteiger partial charge in [-0.15, -0.1) is 11.3 Å². The largest absolute Gasteiger partial charge is 0.290 e. The van der Waals surface area contributed by atoms with Gasteiger partial charge in [-0.25, -0.2) is 9.66 Å². The van der Waals surface area contributed by atoms with Crippen molar-refractivity contribution in [2.45, 2.75) is 20.8 Å². The van der Waals surface area contributed by atoms with Gasteiger partial charge in [0.05, 0.1) is 16.1 Å². The van der Waals surface area contributed by atoms with Crippen LogP contribution in [0.15, 0.2) is 10.9 Å². The van der Waals surface area contributed by atoms with Crippen molar-refractivity contribution < 1.29 is 4.79 Å². The standard InChI is InChI=1S/C14H14ClN5O2S/c1-6-5-9-13(23-6)16-8(3)20(14(9)22)18-12(21)11-10(15)7(2)17-19(11)4/h5H,1-4H3,(H,18,21). The molecule has 1 N–H and O–H groups in total. The first kappa shape index (κ1) is 15.7. The number of halogens is 1. The monoisotopic (exact) mass is 351 g/mol. The van der Waals surface area contributed by atoms with Crippen molar-refractivity contribution in [1.29, 1.82) is 0 Å². The number of aromatic nitrogens is 4. The van der Waals surface area contributed by atoms with Crippen LogP contribution in [0.25, 0.3) is 10.2 Å². The van der Waals surface area contributed by atoms with E-state index in [4.69, 9.17) is 11.6 Å². The second kappa shape index (κ2) is 5.47. The maximum absolute atomic E-state index is 12.6. The Morgan fingerprint density at radius 2 is 2.04 bits per heavy atom. The zero-order valence-electron chi connectivity index (χ0n) is 13.0. The maximum Gasteiger partial charge on any atom is 0.290 e. The number of nitrogens with one attached hydrogen (secondary N) is 1. The lowest BCUT2D eigenvalue weighted by Gasteiger charge is -2.11. The number of amides is 1. The fraction of sp³-hybridized carbons (Fsp3) is 0.286. The van der Waals surface area contributed by atoms with Gasteiger partial charge in [-0.1, -0.05) is 11.6 Å². The van der Waals surface area contributed by atoms with Gasteiger partial charge in [-0.2, -0.15) is 5.10 Å². The number of rotatable bonds is 2. The Morgan fingerprint density at radius 3 is 2.65 bits per heavy atom. The normalized spacial score (nSPS) is 11.2. The minimum Gasteiger partial charge on any atom is -0.267 e. The van der Waals surface area contributed by atoms with E-state index in [-0.39, 0.29) is 16.3 Å². The van der Waals surface area contributed by atoms with E-state index >= 15 is 0 Å². The molecule has 0 aliphatic rings. The Labute approximate surface area is 140 Å². The Morgan fingerprint density at radius 1 is 1.35 bits per heavy atom. The molecule has 3 aromatic rings. The zero-order chi connectivity index (χ0) is 16.9. The van der Waals surface area contributed by atoms with Gasteiger partial charge in [0.25, 0.3) is 11.5 Å². The summed E-state index contributed by atoms with van der Waals surface area (Å²) in [7, 11) is 1.62. The number of hydrogen-bond donors (Lipinski definition) is 1. The van der Waals surface area contributed by atoms with E-state index in [1.165, 1.54) is 16.0 Å². The summed E-state index contributed by atoms with van der Waals surface area (Å²) < 4.78 is 2.52. The summed E-state index contributed by atoms with van der Waals surface area (Å²) in [5, 5.41) is 4.83. The molecule has 0 spiro atoms. The fourth-order valence-corrected chi connectivity index (χ4v) is 3.53. The van der Waals surface area contributed by atoms with Crippen LogP contribution in [0.3, 0.4) is 0 Å². The number of thiophene rings is 1. The highest BCUT2D eigenvalue weighted by molar-refractivity contribution is 7.18. The molecule has 0 atom stereocenters. The Kier molecular flexibility index (Phi) is 3.73. The fourth-order valence-electron chi connectivity index (χ4n) is 2.37. The number of carbonyl (C=O) groups is 1. The van der Waals surface area contributed by atoms with Crippen LogP contribution < -0.4 is 11.0 Å². The SMILES string of the molecule is Cc1cc2c(=O)n(NC(=O)c3c(Cl)c(C)nn3C)c(C)nc2s1. The quantitative estimate of drug-likeness (QED) is 0.767. The van der Waals surface area contributed by atoms with Gasteiger partial charge in [-0.05, 0) is 26.8 Å². The molecule has 0 saturated carbocycles. The van der Waals surface area contributed by atoms with Crippen LogP contribution >= 0.6 is 22.9 Å². The third kappa shape index (κ3) is 2.53. The van der Waals surface area contributed by atoms with E-state index < -0.39 is 5.91 Å². The number of nitrogens with zero attached hydrogens (tertiary/aromatic N) is 4. The van der Waals surface area contributed by atoms with E-state index in [1.54, 1.807) is 27.0 Å². The summed E-state index contributed by atoms with van der Waals surface area (Å²) in [5.74, 6) is -0.121. The molecular formula is C14H14ClN5O2S. The lowest BCUT2D eigenvalue weighted by atomic mass is 10.3. The van der Waals surface area contributed by atoms with E-state index in [9.17, 15) is 9.59 Å². The van der Waals surface area contributed by atoms with E-state index in [1.807, 2.05) is 6.92 Å². The molecule has 0 bridgehead atoms. The highest BCUT2D eigenvalue weighted by Crippen LogP contribution is 2.21. The van der Waals surface area contributed by atoms with E-state index in [0.717, 1.165) is 9.55 Å². The van der Waals surface area contributed by atoms with Crippen molar-refractivity contribution in [3.8, 4) is 0 Å². The smallest absolute Gasteiger partial charge is 0.267 e. The topological polar surface area (TPSA) is 81.8 Å². The van der Waals surface area contributed by atoms with Gasteiger partial charge >= 0.3 is 0 Å². The van der Waals surface area contributed by atoms with E-state index in [2.05, 4.69) is 15.5 Å². The van der Waals surface area contributed by atoms with Gasteiger partial charge in [0.1, 0.15) is 16.3 Å². The van der Waals surface area contributed by atoms with Crippen LogP contribution in [0, 0.1) is 20.8 Å². The lowest BCUT2D eigenvalue weighted by molar-refractivity contribution is 0.0997. The maximum atomic E-state index is 12.6. The summed E-state index contributed by atoms with van der Waals surface area (Å²) in [6, 6.07) is 1.76. The minimum absolute atomic E-state index is 0.192. The molecule has 120 valence electrons. The summed E-state index contributed by atoms with van der Waals surface area (Å²) >= 11 is 7.55. The summed E-state index contributed by atoms with van der Waals surface area (Å²) in [5.41, 5.74) is 2.97. The average molecular weight is 352 g/mol. The first-order chi connectivity index (χ1) is 10.8. The van der Waals surface area contributed by atoms with Gasteiger partial charge in [-0.3, -0.25) is 19.7 Å². The third-order valence-corrected chi connectivity index (χ3v) is 4.83. The van der Waals surface area contributed by atoms with Gasteiger partial charge < -0.3 is 0 Å². The first-order valence-electron chi connectivity index (χ1n) is 6.80. The van der Waals surface area contributed by atoms with Crippen molar-refractivity contribution in [3.05, 3.63) is 43.5 Å². The molecular weight excluding hydrogens is 338 g/mol. The molecule has 3 rings (SSSR count). The number of hydrogen-bond acceptors (Lipinski definition) is 5. The summed E-state index contributed by atoms with van der Waals surface area (Å²) in [6.45, 7) is 5.27. The van der Waals surface area contributed by atoms with Gasteiger partial charge in [0.2, 0.25) is 0 Å². The molecule has 0 fully saturated rings. The average Bonchev–Trinajstić information content (AvgIpc) is 2.95. The molecule has 1 amide bonds. The zero-order valence-corrected chi connectivity index (χ0v) is 14.5. The van der Waals surface area contributed by atoms with Crippen LogP contribution in [0.2, 0.25) is 5.02 Å². The Hall–Kier alpha value is -2.19. The van der Waals surface area contributed by atoms with Gasteiger partial charge in [0, 0.05) is 11.9 Å². The lowest BCUT2D eigenvalue weighted by Crippen LogP contribution is -2.36. The number of aryl methyl sites for hydroxylation is 4. The molecule has 0 aliphatic heterocycles. The molecule has 0 radical (unpaired) electrons. The van der Waals surface area contributed by atoms with Crippen molar-refractivity contribution >= 4 is 39.1 Å². The number of carbonyl (C=O) groups excluding carboxylic acids is 1. The number of fused-ring (bicyclic) bond motifs is 1. The summed E-state index contributed by atoms with van der Waals surface area (Å²) in [4.78, 5) is 31.0. The Balaban J connectivity index is 2.08. The second-order valence-electron chi connectivity index (χ2n) is 5.19. The van der Waals surface area contributed by atoms with Crippen LogP contribution in [0.1, 0.15) is 26.9 Å². The molecule has 3 heterocycles. The second-order valence-corrected chi connectivity index (χ2v) is 6.80. The highest BCUT2D eigenvalue weighted by atomic mass is 35.5. The molecule has 0 saturated heterocycles. The molecule has 23 heavy (non-hydrogen) atoms. The predicted octanol–water partition coefficient (Wildman–Crippen LogP) is 2.15. The highest BCUT2D eigenvalue weighted by Gasteiger charge is 2.20. The first-order valence-corrected chi connectivity index (χ1v) is 7.99. The van der Waals surface area contributed by atoms with Crippen LogP contribution in [0.5, 0.6) is 0 Å². The molecule has 0 unspecified atom stereocenters. The molecule has 7 nitrogen and oxygen atoms in total.